The lowest BCUT2D eigenvalue weighted by molar-refractivity contribution is -0.120. The Bertz CT molecular complexity index is 341. The quantitative estimate of drug-likeness (QED) is 0.723. The molecule has 1 atom stereocenters. The van der Waals surface area contributed by atoms with Crippen molar-refractivity contribution >= 4 is 18.3 Å². The molecule has 1 amide bonds. The second kappa shape index (κ2) is 4.44. The lowest BCUT2D eigenvalue weighted by Crippen LogP contribution is -2.38. The summed E-state index contributed by atoms with van der Waals surface area (Å²) in [5.41, 5.74) is 7.54. The van der Waals surface area contributed by atoms with E-state index >= 15 is 0 Å². The van der Waals surface area contributed by atoms with Gasteiger partial charge in [-0.15, -0.1) is 12.4 Å². The van der Waals surface area contributed by atoms with Crippen LogP contribution in [0.25, 0.3) is 0 Å². The van der Waals surface area contributed by atoms with Gasteiger partial charge in [0, 0.05) is 6.54 Å². The number of amides is 1. The van der Waals surface area contributed by atoms with Crippen molar-refractivity contribution in [2.45, 2.75) is 12.5 Å². The van der Waals surface area contributed by atoms with Gasteiger partial charge in [-0.2, -0.15) is 0 Å². The first kappa shape index (κ1) is 11.0. The highest BCUT2D eigenvalue weighted by Crippen LogP contribution is 2.21. The van der Waals surface area contributed by atoms with Gasteiger partial charge in [0.1, 0.15) is 6.04 Å². The molecule has 3 nitrogen and oxygen atoms in total. The highest BCUT2D eigenvalue weighted by atomic mass is 35.5. The van der Waals surface area contributed by atoms with Gasteiger partial charge in [0.25, 0.3) is 0 Å². The van der Waals surface area contributed by atoms with Crippen molar-refractivity contribution in [1.82, 2.24) is 5.32 Å². The molecule has 14 heavy (non-hydrogen) atoms. The molecule has 0 fully saturated rings. The molecule has 2 rings (SSSR count). The second-order valence-corrected chi connectivity index (χ2v) is 3.24. The molecular weight excluding hydrogens is 200 g/mol. The van der Waals surface area contributed by atoms with Gasteiger partial charge in [0.05, 0.1) is 0 Å². The van der Waals surface area contributed by atoms with Crippen LogP contribution in [0.5, 0.6) is 0 Å². The maximum atomic E-state index is 11.1. The molecule has 0 spiro atoms. The topological polar surface area (TPSA) is 55.1 Å². The average Bonchev–Trinajstić information content (AvgIpc) is 2.17. The molecule has 76 valence electrons. The Morgan fingerprint density at radius 3 is 2.86 bits per heavy atom. The lowest BCUT2D eigenvalue weighted by Gasteiger charge is -2.24. The summed E-state index contributed by atoms with van der Waals surface area (Å²) < 4.78 is 0. The van der Waals surface area contributed by atoms with Crippen LogP contribution in [0.15, 0.2) is 24.3 Å². The van der Waals surface area contributed by atoms with Crippen molar-refractivity contribution in [3.63, 3.8) is 0 Å². The van der Waals surface area contributed by atoms with E-state index in [9.17, 15) is 4.79 Å². The number of nitrogens with two attached hydrogens (primary N) is 1. The minimum absolute atomic E-state index is 0. The van der Waals surface area contributed by atoms with Crippen molar-refractivity contribution < 1.29 is 4.79 Å². The van der Waals surface area contributed by atoms with Gasteiger partial charge >= 0.3 is 0 Å². The zero-order valence-corrected chi connectivity index (χ0v) is 8.51. The van der Waals surface area contributed by atoms with E-state index in [4.69, 9.17) is 5.73 Å². The summed E-state index contributed by atoms with van der Waals surface area (Å²) in [6.07, 6.45) is 0.972. The third-order valence-corrected chi connectivity index (χ3v) is 2.39. The highest BCUT2D eigenvalue weighted by Gasteiger charge is 2.22. The normalized spacial score (nSPS) is 19.3. The first-order valence-corrected chi connectivity index (χ1v) is 4.39. The summed E-state index contributed by atoms with van der Waals surface area (Å²) in [6, 6.07) is 7.62. The number of fused-ring (bicyclic) bond motifs is 1. The molecule has 0 aromatic heterocycles. The molecule has 0 radical (unpaired) electrons. The van der Waals surface area contributed by atoms with E-state index in [0.29, 0.717) is 0 Å². The van der Waals surface area contributed by atoms with Gasteiger partial charge in [-0.1, -0.05) is 24.3 Å². The number of rotatable bonds is 1. The lowest BCUT2D eigenvalue weighted by atomic mass is 9.94. The van der Waals surface area contributed by atoms with Crippen LogP contribution in [0.2, 0.25) is 0 Å². The summed E-state index contributed by atoms with van der Waals surface area (Å²) in [6.45, 7) is 0.824. The van der Waals surface area contributed by atoms with Crippen molar-refractivity contribution in [2.75, 3.05) is 6.54 Å². The smallest absolute Gasteiger partial charge is 0.239 e. The molecule has 1 heterocycles. The van der Waals surface area contributed by atoms with Crippen LogP contribution in [-0.4, -0.2) is 12.5 Å². The second-order valence-electron chi connectivity index (χ2n) is 3.24. The van der Waals surface area contributed by atoms with Crippen LogP contribution >= 0.6 is 12.4 Å². The first-order valence-electron chi connectivity index (χ1n) is 4.39. The number of primary amides is 1. The molecule has 1 aromatic rings. The zero-order chi connectivity index (χ0) is 9.26. The zero-order valence-electron chi connectivity index (χ0n) is 7.69. The van der Waals surface area contributed by atoms with E-state index in [1.165, 1.54) is 5.56 Å². The molecule has 0 saturated heterocycles. The van der Waals surface area contributed by atoms with Crippen LogP contribution in [-0.2, 0) is 11.2 Å². The Morgan fingerprint density at radius 2 is 2.14 bits per heavy atom. The Balaban J connectivity index is 0.000000980. The molecule has 0 aliphatic carbocycles. The number of halogens is 1. The van der Waals surface area contributed by atoms with Crippen LogP contribution in [0.4, 0.5) is 0 Å². The number of benzene rings is 1. The van der Waals surface area contributed by atoms with Crippen molar-refractivity contribution in [2.24, 2.45) is 5.73 Å². The van der Waals surface area contributed by atoms with Crippen LogP contribution in [0.3, 0.4) is 0 Å². The number of nitrogens with one attached hydrogen (secondary N) is 1. The van der Waals surface area contributed by atoms with E-state index in [-0.39, 0.29) is 24.4 Å². The summed E-state index contributed by atoms with van der Waals surface area (Å²) in [4.78, 5) is 11.1. The van der Waals surface area contributed by atoms with Gasteiger partial charge in [-0.3, -0.25) is 4.79 Å². The third-order valence-electron chi connectivity index (χ3n) is 2.39. The van der Waals surface area contributed by atoms with Crippen molar-refractivity contribution in [3.8, 4) is 0 Å². The van der Waals surface area contributed by atoms with Gasteiger partial charge in [-0.25, -0.2) is 0 Å². The molecule has 0 bridgehead atoms. The Morgan fingerprint density at radius 1 is 1.43 bits per heavy atom. The minimum Gasteiger partial charge on any atom is -0.368 e. The van der Waals surface area contributed by atoms with E-state index in [2.05, 4.69) is 5.32 Å². The maximum absolute atomic E-state index is 11.1. The van der Waals surface area contributed by atoms with Crippen molar-refractivity contribution in [3.05, 3.63) is 35.4 Å². The predicted octanol–water partition coefficient (Wildman–Crippen LogP) is 0.780. The number of carbonyl (C=O) groups excluding carboxylic acids is 1. The molecule has 4 heteroatoms. The van der Waals surface area contributed by atoms with E-state index in [1.54, 1.807) is 0 Å². The Hall–Kier alpha value is -1.06. The van der Waals surface area contributed by atoms with E-state index in [1.807, 2.05) is 24.3 Å². The summed E-state index contributed by atoms with van der Waals surface area (Å²) in [7, 11) is 0. The molecule has 1 unspecified atom stereocenters. The fraction of sp³-hybridized carbons (Fsp3) is 0.300. The predicted molar refractivity (Wildman–Crippen MR) is 57.3 cm³/mol. The first-order chi connectivity index (χ1) is 6.29. The number of carbonyl (C=O) groups is 1. The highest BCUT2D eigenvalue weighted by molar-refractivity contribution is 5.85. The Labute approximate surface area is 89.1 Å². The van der Waals surface area contributed by atoms with Gasteiger partial charge in [-0.05, 0) is 17.5 Å². The van der Waals surface area contributed by atoms with Gasteiger partial charge < -0.3 is 11.1 Å². The summed E-state index contributed by atoms with van der Waals surface area (Å²) >= 11 is 0. The maximum Gasteiger partial charge on any atom is 0.239 e. The SMILES string of the molecule is Cl.NC(=O)C1NCCc2ccccc21. The van der Waals surface area contributed by atoms with Crippen LogP contribution < -0.4 is 11.1 Å². The third kappa shape index (κ3) is 1.89. The molecule has 0 saturated carbocycles. The molecular formula is C10H13ClN2O. The van der Waals surface area contributed by atoms with Gasteiger partial charge in [0.2, 0.25) is 5.91 Å². The standard InChI is InChI=1S/C10H12N2O.ClH/c11-10(13)9-8-4-2-1-3-7(8)5-6-12-9;/h1-4,9,12H,5-6H2,(H2,11,13);1H. The average molecular weight is 213 g/mol. The van der Waals surface area contributed by atoms with Gasteiger partial charge in [0.15, 0.2) is 0 Å². The molecule has 3 N–H and O–H groups in total. The fourth-order valence-electron chi connectivity index (χ4n) is 1.76. The van der Waals surface area contributed by atoms with E-state index in [0.717, 1.165) is 18.5 Å². The van der Waals surface area contributed by atoms with E-state index < -0.39 is 0 Å². The van der Waals surface area contributed by atoms with Crippen molar-refractivity contribution in [1.29, 1.82) is 0 Å². The number of hydrogen-bond acceptors (Lipinski definition) is 2. The molecule has 1 aromatic carbocycles. The van der Waals surface area contributed by atoms with Crippen LogP contribution in [0, 0.1) is 0 Å². The summed E-state index contributed by atoms with van der Waals surface area (Å²) in [5.74, 6) is -0.299. The van der Waals surface area contributed by atoms with Crippen LogP contribution in [0.1, 0.15) is 17.2 Å². The monoisotopic (exact) mass is 212 g/mol. The minimum atomic E-state index is -0.301. The largest absolute Gasteiger partial charge is 0.368 e. The molecule has 1 aliphatic rings. The number of hydrogen-bond donors (Lipinski definition) is 2. The summed E-state index contributed by atoms with van der Waals surface area (Å²) in [5, 5.41) is 3.10. The molecule has 1 aliphatic heterocycles. The Kier molecular flexibility index (Phi) is 3.49. The fourth-order valence-corrected chi connectivity index (χ4v) is 1.76.